The minimum absolute atomic E-state index is 0. The van der Waals surface area contributed by atoms with Crippen LogP contribution in [0.2, 0.25) is 0 Å². The molecule has 0 aromatic heterocycles. The Morgan fingerprint density at radius 3 is 2.26 bits per heavy atom. The highest BCUT2D eigenvalue weighted by Crippen LogP contribution is 2.11. The third-order valence-electron chi connectivity index (χ3n) is 3.85. The Kier molecular flexibility index (Phi) is 11.4. The van der Waals surface area contributed by atoms with Crippen molar-refractivity contribution < 1.29 is 0 Å². The van der Waals surface area contributed by atoms with Crippen molar-refractivity contribution in [3.05, 3.63) is 0 Å². The van der Waals surface area contributed by atoms with Crippen LogP contribution >= 0.6 is 24.0 Å². The number of likely N-dealkylation sites (tertiary alicyclic amines) is 1. The average molecular weight is 439 g/mol. The van der Waals surface area contributed by atoms with Crippen LogP contribution < -0.4 is 16.0 Å². The van der Waals surface area contributed by atoms with Crippen LogP contribution in [0.5, 0.6) is 0 Å². The molecule has 0 aliphatic carbocycles. The maximum absolute atomic E-state index is 4.34. The minimum atomic E-state index is 0. The number of nitrogens with zero attached hydrogens (tertiary/aromatic N) is 2. The third kappa shape index (κ3) is 11.2. The fourth-order valence-electron chi connectivity index (χ4n) is 2.78. The molecule has 138 valence electrons. The summed E-state index contributed by atoms with van der Waals surface area (Å²) in [6, 6.07) is 0.546. The van der Waals surface area contributed by atoms with Crippen LogP contribution in [0.4, 0.5) is 0 Å². The molecule has 3 N–H and O–H groups in total. The molecule has 1 aliphatic rings. The monoisotopic (exact) mass is 439 g/mol. The second-order valence-electron chi connectivity index (χ2n) is 7.79. The number of halogens is 1. The molecule has 0 unspecified atom stereocenters. The Labute approximate surface area is 160 Å². The molecular formula is C17H38IN5. The minimum Gasteiger partial charge on any atom is -0.355 e. The van der Waals surface area contributed by atoms with Crippen molar-refractivity contribution in [1.82, 2.24) is 20.9 Å². The summed E-state index contributed by atoms with van der Waals surface area (Å²) in [7, 11) is 1.85. The lowest BCUT2D eigenvalue weighted by molar-refractivity contribution is 0.187. The summed E-state index contributed by atoms with van der Waals surface area (Å²) < 4.78 is 0. The Morgan fingerprint density at radius 1 is 1.17 bits per heavy atom. The molecule has 1 heterocycles. The number of rotatable bonds is 6. The number of hydrogen-bond donors (Lipinski definition) is 3. The van der Waals surface area contributed by atoms with Crippen molar-refractivity contribution in [2.24, 2.45) is 10.9 Å². The zero-order chi connectivity index (χ0) is 16.6. The molecule has 5 nitrogen and oxygen atoms in total. The van der Waals surface area contributed by atoms with E-state index in [9.17, 15) is 0 Å². The molecule has 0 aromatic carbocycles. The van der Waals surface area contributed by atoms with Crippen molar-refractivity contribution in [1.29, 1.82) is 0 Å². The van der Waals surface area contributed by atoms with Crippen LogP contribution in [-0.4, -0.2) is 62.2 Å². The van der Waals surface area contributed by atoms with Crippen LogP contribution in [0.3, 0.4) is 0 Å². The molecule has 0 aromatic rings. The van der Waals surface area contributed by atoms with Crippen molar-refractivity contribution >= 4 is 29.9 Å². The quantitative estimate of drug-likeness (QED) is 0.257. The van der Waals surface area contributed by atoms with Gasteiger partial charge in [-0.25, -0.2) is 0 Å². The summed E-state index contributed by atoms with van der Waals surface area (Å²) in [5.41, 5.74) is 0.169. The van der Waals surface area contributed by atoms with Gasteiger partial charge in [-0.3, -0.25) is 4.99 Å². The fourth-order valence-corrected chi connectivity index (χ4v) is 2.78. The highest BCUT2D eigenvalue weighted by Gasteiger charge is 2.20. The maximum Gasteiger partial charge on any atom is 0.191 e. The number of piperidine rings is 1. The van der Waals surface area contributed by atoms with Gasteiger partial charge in [-0.15, -0.1) is 24.0 Å². The molecule has 0 amide bonds. The van der Waals surface area contributed by atoms with E-state index in [1.807, 2.05) is 7.05 Å². The van der Waals surface area contributed by atoms with Crippen molar-refractivity contribution in [3.8, 4) is 0 Å². The zero-order valence-electron chi connectivity index (χ0n) is 15.9. The molecule has 0 spiro atoms. The van der Waals surface area contributed by atoms with Gasteiger partial charge in [0.15, 0.2) is 5.96 Å². The number of hydrogen-bond acceptors (Lipinski definition) is 3. The van der Waals surface area contributed by atoms with Crippen LogP contribution in [0, 0.1) is 5.92 Å². The summed E-state index contributed by atoms with van der Waals surface area (Å²) in [6.45, 7) is 16.6. The van der Waals surface area contributed by atoms with Gasteiger partial charge in [0.1, 0.15) is 0 Å². The second kappa shape index (κ2) is 11.5. The molecule has 0 bridgehead atoms. The molecule has 1 aliphatic heterocycles. The molecule has 6 heteroatoms. The van der Waals surface area contributed by atoms with Gasteiger partial charge in [0.2, 0.25) is 0 Å². The zero-order valence-corrected chi connectivity index (χ0v) is 18.2. The topological polar surface area (TPSA) is 51.7 Å². The van der Waals surface area contributed by atoms with Crippen molar-refractivity contribution in [2.45, 2.75) is 59.0 Å². The van der Waals surface area contributed by atoms with Crippen LogP contribution in [0.25, 0.3) is 0 Å². The van der Waals surface area contributed by atoms with Gasteiger partial charge in [-0.1, -0.05) is 13.8 Å². The number of aliphatic imine (C=N–C) groups is 1. The van der Waals surface area contributed by atoms with Gasteiger partial charge in [0.25, 0.3) is 0 Å². The molecule has 1 rings (SSSR count). The lowest BCUT2D eigenvalue weighted by atomic mass is 10.0. The van der Waals surface area contributed by atoms with Gasteiger partial charge in [0, 0.05) is 51.4 Å². The molecule has 23 heavy (non-hydrogen) atoms. The summed E-state index contributed by atoms with van der Waals surface area (Å²) in [6.07, 6.45) is 2.40. The molecule has 1 fully saturated rings. The Morgan fingerprint density at radius 2 is 1.78 bits per heavy atom. The standard InChI is InChI=1S/C17H37N5.HI/c1-14(2)13-22-11-7-15(8-12-22)21-16(18-6)19-9-10-20-17(3,4)5;/h14-15,20H,7-13H2,1-6H3,(H2,18,19,21);1H. The summed E-state index contributed by atoms with van der Waals surface area (Å²) in [5, 5.41) is 10.4. The fraction of sp³-hybridized carbons (Fsp3) is 0.941. The van der Waals surface area contributed by atoms with Gasteiger partial charge >= 0.3 is 0 Å². The van der Waals surface area contributed by atoms with E-state index in [4.69, 9.17) is 0 Å². The van der Waals surface area contributed by atoms with Gasteiger partial charge in [-0.2, -0.15) is 0 Å². The van der Waals surface area contributed by atoms with E-state index in [2.05, 4.69) is 60.5 Å². The highest BCUT2D eigenvalue weighted by atomic mass is 127. The first-order chi connectivity index (χ1) is 10.3. The highest BCUT2D eigenvalue weighted by molar-refractivity contribution is 14.0. The van der Waals surface area contributed by atoms with Gasteiger partial charge < -0.3 is 20.9 Å². The van der Waals surface area contributed by atoms with Gasteiger partial charge in [0.05, 0.1) is 0 Å². The average Bonchev–Trinajstić information content (AvgIpc) is 2.42. The van der Waals surface area contributed by atoms with E-state index in [0.717, 1.165) is 25.0 Å². The Balaban J connectivity index is 0.00000484. The van der Waals surface area contributed by atoms with Crippen molar-refractivity contribution in [3.63, 3.8) is 0 Å². The van der Waals surface area contributed by atoms with Crippen LogP contribution in [0.15, 0.2) is 4.99 Å². The Bertz CT molecular complexity index is 330. The van der Waals surface area contributed by atoms with E-state index >= 15 is 0 Å². The maximum atomic E-state index is 4.34. The second-order valence-corrected chi connectivity index (χ2v) is 7.79. The first-order valence-corrected chi connectivity index (χ1v) is 8.74. The first kappa shape index (κ1) is 22.9. The molecule has 1 saturated heterocycles. The van der Waals surface area contributed by atoms with Crippen molar-refractivity contribution in [2.75, 3.05) is 39.8 Å². The lowest BCUT2D eigenvalue weighted by Gasteiger charge is -2.34. The number of nitrogens with one attached hydrogen (secondary N) is 3. The van der Waals surface area contributed by atoms with E-state index in [1.54, 1.807) is 0 Å². The van der Waals surface area contributed by atoms with Crippen LogP contribution in [0.1, 0.15) is 47.5 Å². The third-order valence-corrected chi connectivity index (χ3v) is 3.85. The van der Waals surface area contributed by atoms with E-state index in [0.29, 0.717) is 6.04 Å². The predicted octanol–water partition coefficient (Wildman–Crippen LogP) is 2.28. The van der Waals surface area contributed by atoms with E-state index in [1.165, 1.54) is 32.5 Å². The SMILES string of the molecule is CN=C(NCCNC(C)(C)C)NC1CCN(CC(C)C)CC1.I. The largest absolute Gasteiger partial charge is 0.355 e. The van der Waals surface area contributed by atoms with Crippen LogP contribution in [-0.2, 0) is 0 Å². The summed E-state index contributed by atoms with van der Waals surface area (Å²) >= 11 is 0. The lowest BCUT2D eigenvalue weighted by Crippen LogP contribution is -2.50. The van der Waals surface area contributed by atoms with E-state index < -0.39 is 0 Å². The van der Waals surface area contributed by atoms with E-state index in [-0.39, 0.29) is 29.5 Å². The molecule has 0 atom stereocenters. The molecular weight excluding hydrogens is 401 g/mol. The molecule has 0 radical (unpaired) electrons. The van der Waals surface area contributed by atoms with Gasteiger partial charge in [-0.05, 0) is 39.5 Å². The normalized spacial score (nSPS) is 18.0. The predicted molar refractivity (Wildman–Crippen MR) is 112 cm³/mol. The smallest absolute Gasteiger partial charge is 0.191 e. The summed E-state index contributed by atoms with van der Waals surface area (Å²) in [5.74, 6) is 1.69. The first-order valence-electron chi connectivity index (χ1n) is 8.74. The molecule has 0 saturated carbocycles. The summed E-state index contributed by atoms with van der Waals surface area (Å²) in [4.78, 5) is 6.91. The number of guanidine groups is 1. The Hall–Kier alpha value is -0.0800.